The monoisotopic (exact) mass is 368 g/mol. The van der Waals surface area contributed by atoms with Crippen LogP contribution in [0.1, 0.15) is 25.6 Å². The maximum Gasteiger partial charge on any atom is 0.264 e. The highest BCUT2D eigenvalue weighted by atomic mass is 35.5. The smallest absolute Gasteiger partial charge is 0.264 e. The number of hydrogen-bond donors (Lipinski definition) is 1. The summed E-state index contributed by atoms with van der Waals surface area (Å²) in [4.78, 5) is 24.8. The van der Waals surface area contributed by atoms with E-state index >= 15 is 0 Å². The predicted molar refractivity (Wildman–Crippen MR) is 109 cm³/mol. The van der Waals surface area contributed by atoms with Crippen molar-refractivity contribution in [1.82, 2.24) is 9.88 Å². The fraction of sp³-hybridized carbons (Fsp3) is 0.143. The third kappa shape index (κ3) is 4.03. The van der Waals surface area contributed by atoms with E-state index in [1.807, 2.05) is 19.1 Å². The number of hydrogen-bond acceptors (Lipinski definition) is 2. The minimum atomic E-state index is -0.381. The van der Waals surface area contributed by atoms with Crippen molar-refractivity contribution in [3.8, 4) is 0 Å². The lowest BCUT2D eigenvalue weighted by Gasteiger charge is -2.21. The molecule has 0 radical (unpaired) electrons. The summed E-state index contributed by atoms with van der Waals surface area (Å²) in [5.74, 6) is -0.182. The van der Waals surface area contributed by atoms with Crippen LogP contribution in [0.2, 0.25) is 5.02 Å². The van der Waals surface area contributed by atoms with Crippen LogP contribution in [0.25, 0.3) is 16.5 Å². The maximum absolute atomic E-state index is 13.3. The van der Waals surface area contributed by atoms with Crippen molar-refractivity contribution in [3.63, 3.8) is 0 Å². The van der Waals surface area contributed by atoms with Crippen molar-refractivity contribution in [2.24, 2.45) is 0 Å². The summed E-state index contributed by atoms with van der Waals surface area (Å²) in [5, 5.41) is 4.36. The number of aromatic nitrogens is 1. The molecule has 26 heavy (non-hydrogen) atoms. The van der Waals surface area contributed by atoms with Crippen LogP contribution in [0, 0.1) is 0 Å². The fourth-order valence-corrected chi connectivity index (χ4v) is 3.06. The summed E-state index contributed by atoms with van der Waals surface area (Å²) in [6.45, 7) is 10.6. The molecule has 1 N–H and O–H groups in total. The second-order valence-electron chi connectivity index (χ2n) is 5.76. The molecule has 0 fully saturated rings. The number of nitrogens with one attached hydrogen (secondary N) is 1. The lowest BCUT2D eigenvalue weighted by atomic mass is 10.1. The highest BCUT2D eigenvalue weighted by Gasteiger charge is 2.18. The summed E-state index contributed by atoms with van der Waals surface area (Å²) in [5.41, 5.74) is 0.975. The summed E-state index contributed by atoms with van der Waals surface area (Å²) in [6.07, 6.45) is 8.41. The Morgan fingerprint density at radius 3 is 2.65 bits per heavy atom. The minimum absolute atomic E-state index is 0.182. The molecule has 1 amide bonds. The molecule has 0 aliphatic rings. The summed E-state index contributed by atoms with van der Waals surface area (Å²) >= 11 is 6.28. The first-order valence-electron chi connectivity index (χ1n) is 8.14. The van der Waals surface area contributed by atoms with Gasteiger partial charge in [-0.1, -0.05) is 55.1 Å². The number of pyridine rings is 1. The van der Waals surface area contributed by atoms with E-state index in [1.54, 1.807) is 42.5 Å². The molecule has 5 heteroatoms. The van der Waals surface area contributed by atoms with Gasteiger partial charge in [0.05, 0.1) is 16.5 Å². The molecular weight excluding hydrogens is 348 g/mol. The van der Waals surface area contributed by atoms with Crippen LogP contribution in [0.4, 0.5) is 0 Å². The van der Waals surface area contributed by atoms with E-state index in [4.69, 9.17) is 11.6 Å². The number of fused-ring (bicyclic) bond motifs is 1. The number of halogens is 1. The lowest BCUT2D eigenvalue weighted by molar-refractivity contribution is -0.119. The molecule has 0 aliphatic carbocycles. The van der Waals surface area contributed by atoms with E-state index in [0.717, 1.165) is 5.39 Å². The highest BCUT2D eigenvalue weighted by Crippen LogP contribution is 2.25. The van der Waals surface area contributed by atoms with Crippen molar-refractivity contribution >= 4 is 34.0 Å². The van der Waals surface area contributed by atoms with Crippen LogP contribution in [0.3, 0.4) is 0 Å². The van der Waals surface area contributed by atoms with Crippen molar-refractivity contribution in [1.29, 1.82) is 0 Å². The zero-order chi connectivity index (χ0) is 19.3. The van der Waals surface area contributed by atoms with Crippen LogP contribution >= 0.6 is 11.6 Å². The van der Waals surface area contributed by atoms with Gasteiger partial charge in [-0.3, -0.25) is 14.2 Å². The summed E-state index contributed by atoms with van der Waals surface area (Å²) < 4.78 is 1.54. The number of nitrogens with zero attached hydrogens (tertiary/aromatic N) is 1. The Morgan fingerprint density at radius 2 is 2.04 bits per heavy atom. The number of carbonyl (C=O) groups excluding carboxylic acids is 1. The minimum Gasteiger partial charge on any atom is -0.348 e. The maximum atomic E-state index is 13.3. The van der Waals surface area contributed by atoms with Gasteiger partial charge in [0.2, 0.25) is 5.91 Å². The Bertz CT molecular complexity index is 983. The Balaban J connectivity index is 2.91. The van der Waals surface area contributed by atoms with Crippen LogP contribution in [0.15, 0.2) is 72.6 Å². The molecule has 4 nitrogen and oxygen atoms in total. The molecule has 0 bridgehead atoms. The van der Waals surface area contributed by atoms with Crippen LogP contribution < -0.4 is 10.9 Å². The Labute approximate surface area is 157 Å². The molecule has 2 rings (SSSR count). The second-order valence-corrected chi connectivity index (χ2v) is 6.17. The van der Waals surface area contributed by atoms with Gasteiger partial charge in [-0.2, -0.15) is 0 Å². The SMILES string of the molecule is C=C/C=C\C(=C/C=C)n1c(C(C)NC(C)=O)cc2cccc(Cl)c2c1=O. The fourth-order valence-electron chi connectivity index (χ4n) is 2.80. The van der Waals surface area contributed by atoms with Crippen LogP contribution in [-0.4, -0.2) is 10.5 Å². The quantitative estimate of drug-likeness (QED) is 0.756. The number of benzene rings is 1. The first kappa shape index (κ1) is 19.5. The lowest BCUT2D eigenvalue weighted by Crippen LogP contribution is -2.31. The van der Waals surface area contributed by atoms with E-state index in [9.17, 15) is 9.59 Å². The Kier molecular flexibility index (Phi) is 6.36. The van der Waals surface area contributed by atoms with Gasteiger partial charge in [0.15, 0.2) is 0 Å². The van der Waals surface area contributed by atoms with Gasteiger partial charge in [0.25, 0.3) is 5.56 Å². The van der Waals surface area contributed by atoms with Gasteiger partial charge in [-0.25, -0.2) is 0 Å². The van der Waals surface area contributed by atoms with E-state index in [-0.39, 0.29) is 17.5 Å². The zero-order valence-corrected chi connectivity index (χ0v) is 15.6. The molecule has 134 valence electrons. The third-order valence-electron chi connectivity index (χ3n) is 3.84. The Hall–Kier alpha value is -2.85. The molecule has 1 aromatic heterocycles. The Morgan fingerprint density at radius 1 is 1.31 bits per heavy atom. The van der Waals surface area contributed by atoms with Crippen LogP contribution in [-0.2, 0) is 4.79 Å². The van der Waals surface area contributed by atoms with Gasteiger partial charge in [0, 0.05) is 18.3 Å². The molecule has 0 saturated heterocycles. The molecule has 1 unspecified atom stereocenters. The van der Waals surface area contributed by atoms with Gasteiger partial charge in [0.1, 0.15) is 0 Å². The highest BCUT2D eigenvalue weighted by molar-refractivity contribution is 6.35. The molecule has 0 spiro atoms. The van der Waals surface area contributed by atoms with E-state index in [1.165, 1.54) is 11.5 Å². The summed E-state index contributed by atoms with van der Waals surface area (Å²) in [6, 6.07) is 6.78. The van der Waals surface area contributed by atoms with Gasteiger partial charge in [-0.15, -0.1) is 0 Å². The number of rotatable bonds is 6. The van der Waals surface area contributed by atoms with Crippen molar-refractivity contribution in [2.45, 2.75) is 19.9 Å². The molecular formula is C21H21ClN2O2. The topological polar surface area (TPSA) is 51.1 Å². The predicted octanol–water partition coefficient (Wildman–Crippen LogP) is 4.62. The normalized spacial score (nSPS) is 13.0. The van der Waals surface area contributed by atoms with Gasteiger partial charge < -0.3 is 5.32 Å². The largest absolute Gasteiger partial charge is 0.348 e. The molecule has 1 aromatic carbocycles. The average Bonchev–Trinajstić information content (AvgIpc) is 2.58. The van der Waals surface area contributed by atoms with Gasteiger partial charge in [-0.05, 0) is 36.6 Å². The van der Waals surface area contributed by atoms with Gasteiger partial charge >= 0.3 is 0 Å². The van der Waals surface area contributed by atoms with Crippen LogP contribution in [0.5, 0.6) is 0 Å². The number of allylic oxidation sites excluding steroid dienone is 6. The van der Waals surface area contributed by atoms with E-state index < -0.39 is 0 Å². The third-order valence-corrected chi connectivity index (χ3v) is 4.15. The van der Waals surface area contributed by atoms with E-state index in [2.05, 4.69) is 18.5 Å². The molecule has 2 aromatic rings. The number of amides is 1. The standard InChI is InChI=1S/C21H21ClN2O2/c1-5-7-11-17(9-6-2)24-19(14(3)23-15(4)25)13-16-10-8-12-18(22)20(16)21(24)26/h5-14H,1-2H2,3-4H3,(H,23,25)/b11-7-,17-9+. The molecule has 0 aliphatic heterocycles. The first-order valence-corrected chi connectivity index (χ1v) is 8.52. The average molecular weight is 369 g/mol. The molecule has 1 atom stereocenters. The number of carbonyl (C=O) groups is 1. The van der Waals surface area contributed by atoms with E-state index in [0.29, 0.717) is 21.8 Å². The first-order chi connectivity index (χ1) is 12.4. The second kappa shape index (κ2) is 8.50. The summed E-state index contributed by atoms with van der Waals surface area (Å²) in [7, 11) is 0. The zero-order valence-electron chi connectivity index (χ0n) is 14.8. The van der Waals surface area contributed by atoms with Crippen molar-refractivity contribution < 1.29 is 4.79 Å². The van der Waals surface area contributed by atoms with Crippen molar-refractivity contribution in [2.75, 3.05) is 0 Å². The van der Waals surface area contributed by atoms with Crippen molar-refractivity contribution in [3.05, 3.63) is 88.9 Å². The molecule has 0 saturated carbocycles. The molecule has 1 heterocycles.